The minimum atomic E-state index is -0.999. The van der Waals surface area contributed by atoms with Crippen LogP contribution in [-0.2, 0) is 11.3 Å². The predicted molar refractivity (Wildman–Crippen MR) is 115 cm³/mol. The zero-order valence-corrected chi connectivity index (χ0v) is 19.0. The topological polar surface area (TPSA) is 89.9 Å². The molecule has 1 aromatic carbocycles. The van der Waals surface area contributed by atoms with Crippen molar-refractivity contribution in [1.29, 1.82) is 0 Å². The van der Waals surface area contributed by atoms with E-state index in [9.17, 15) is 23.2 Å². The molecule has 0 fully saturated rings. The molecule has 2 aliphatic heterocycles. The summed E-state index contributed by atoms with van der Waals surface area (Å²) >= 11 is 5.60. The van der Waals surface area contributed by atoms with Crippen molar-refractivity contribution >= 4 is 23.4 Å². The van der Waals surface area contributed by atoms with E-state index in [1.54, 1.807) is 9.47 Å². The molecule has 176 valence electrons. The van der Waals surface area contributed by atoms with Crippen LogP contribution < -0.4 is 15.5 Å². The summed E-state index contributed by atoms with van der Waals surface area (Å²) in [7, 11) is 2.72. The lowest BCUT2D eigenvalue weighted by Crippen LogP contribution is -2.44. The number of likely N-dealkylation sites (N-methyl/N-ethyl adjacent to an activating group) is 1. The van der Waals surface area contributed by atoms with Gasteiger partial charge in [0.1, 0.15) is 28.3 Å². The van der Waals surface area contributed by atoms with Gasteiger partial charge in [-0.25, -0.2) is 8.78 Å². The minimum Gasteiger partial charge on any atom is -0.491 e. The quantitative estimate of drug-likeness (QED) is 0.641. The second-order valence-corrected chi connectivity index (χ2v) is 8.19. The summed E-state index contributed by atoms with van der Waals surface area (Å²) < 4.78 is 40.2. The van der Waals surface area contributed by atoms with Gasteiger partial charge in [0.05, 0.1) is 18.8 Å². The molecule has 0 aliphatic carbocycles. The van der Waals surface area contributed by atoms with E-state index < -0.39 is 34.1 Å². The van der Waals surface area contributed by atoms with Gasteiger partial charge >= 0.3 is 0 Å². The van der Waals surface area contributed by atoms with E-state index >= 15 is 0 Å². The molecular weight excluding hydrogens is 460 g/mol. The van der Waals surface area contributed by atoms with E-state index in [4.69, 9.17) is 21.1 Å². The number of hydrogen-bond donors (Lipinski definition) is 1. The van der Waals surface area contributed by atoms with Crippen molar-refractivity contribution in [2.45, 2.75) is 32.0 Å². The first kappa shape index (κ1) is 23.2. The van der Waals surface area contributed by atoms with Crippen LogP contribution in [-0.4, -0.2) is 48.6 Å². The van der Waals surface area contributed by atoms with Gasteiger partial charge in [0.15, 0.2) is 11.4 Å². The number of nitrogens with one attached hydrogen (secondary N) is 1. The molecule has 2 atom stereocenters. The molecule has 8 nitrogen and oxygen atoms in total. The maximum atomic E-state index is 14.2. The molecule has 33 heavy (non-hydrogen) atoms. The van der Waals surface area contributed by atoms with Crippen LogP contribution in [0.1, 0.15) is 57.6 Å². The molecule has 0 radical (unpaired) electrons. The highest BCUT2D eigenvalue weighted by Crippen LogP contribution is 2.43. The summed E-state index contributed by atoms with van der Waals surface area (Å²) in [4.78, 5) is 41.1. The lowest BCUT2D eigenvalue weighted by atomic mass is 10.1. The highest BCUT2D eigenvalue weighted by atomic mass is 35.5. The lowest BCUT2D eigenvalue weighted by Gasteiger charge is -2.34. The van der Waals surface area contributed by atoms with Crippen molar-refractivity contribution in [3.63, 3.8) is 0 Å². The number of methoxy groups -OCH3 is 2. The summed E-state index contributed by atoms with van der Waals surface area (Å²) in [6.07, 6.45) is -0.141. The Hall–Kier alpha value is -2.98. The molecule has 2 aromatic rings. The zero-order valence-electron chi connectivity index (χ0n) is 18.2. The predicted octanol–water partition coefficient (Wildman–Crippen LogP) is 2.83. The molecule has 0 saturated heterocycles. The lowest BCUT2D eigenvalue weighted by molar-refractivity contribution is 0.0652. The fraction of sp³-hybridized carbons (Fsp3) is 0.409. The molecular formula is C22H22ClF2N3O5. The molecule has 0 bridgehead atoms. The molecule has 2 aliphatic rings. The zero-order chi connectivity index (χ0) is 24.0. The number of rotatable bonds is 6. The smallest absolute Gasteiger partial charge is 0.274 e. The van der Waals surface area contributed by atoms with Crippen LogP contribution in [0, 0.1) is 11.6 Å². The third kappa shape index (κ3) is 3.57. The second-order valence-electron chi connectivity index (χ2n) is 7.82. The first-order valence-electron chi connectivity index (χ1n) is 10.3. The maximum absolute atomic E-state index is 14.2. The van der Waals surface area contributed by atoms with Gasteiger partial charge in [-0.2, -0.15) is 0 Å². The Labute approximate surface area is 193 Å². The highest BCUT2D eigenvalue weighted by Gasteiger charge is 2.45. The second kappa shape index (κ2) is 8.75. The van der Waals surface area contributed by atoms with Crippen molar-refractivity contribution in [1.82, 2.24) is 14.8 Å². The summed E-state index contributed by atoms with van der Waals surface area (Å²) in [5, 5.41) is 1.81. The molecule has 0 saturated carbocycles. The average Bonchev–Trinajstić information content (AvgIpc) is 3.17. The van der Waals surface area contributed by atoms with Crippen LogP contribution in [0.4, 0.5) is 8.78 Å². The number of halogens is 3. The number of ether oxygens (including phenoxy) is 2. The molecule has 11 heteroatoms. The van der Waals surface area contributed by atoms with Crippen LogP contribution in [0.5, 0.6) is 5.75 Å². The van der Waals surface area contributed by atoms with E-state index in [1.807, 2.05) is 6.92 Å². The van der Waals surface area contributed by atoms with Gasteiger partial charge in [-0.05, 0) is 13.0 Å². The van der Waals surface area contributed by atoms with E-state index in [0.29, 0.717) is 19.5 Å². The van der Waals surface area contributed by atoms with Gasteiger partial charge in [0.2, 0.25) is 5.43 Å². The van der Waals surface area contributed by atoms with Gasteiger partial charge in [0.25, 0.3) is 11.8 Å². The average molecular weight is 482 g/mol. The highest BCUT2D eigenvalue weighted by molar-refractivity contribution is 6.30. The molecule has 3 heterocycles. The number of carbonyl (C=O) groups excluding carboxylic acids is 2. The monoisotopic (exact) mass is 481 g/mol. The van der Waals surface area contributed by atoms with Crippen LogP contribution in [0.2, 0.25) is 5.02 Å². The number of pyridine rings is 1. The molecule has 1 aromatic heterocycles. The SMILES string of the molecule is CCN1CC2C[C@@H](OC)c3c(C(=O)NCc4ccc(F)c(Cl)c4F)c(=O)c(OC)c(n32)C1=O. The van der Waals surface area contributed by atoms with Gasteiger partial charge in [-0.1, -0.05) is 17.7 Å². The van der Waals surface area contributed by atoms with Gasteiger partial charge < -0.3 is 24.3 Å². The summed E-state index contributed by atoms with van der Waals surface area (Å²) in [5.41, 5.74) is -0.684. The Morgan fingerprint density at radius 3 is 2.64 bits per heavy atom. The number of carbonyl (C=O) groups is 2. The van der Waals surface area contributed by atoms with Crippen LogP contribution in [0.25, 0.3) is 0 Å². The Morgan fingerprint density at radius 1 is 1.27 bits per heavy atom. The van der Waals surface area contributed by atoms with Crippen molar-refractivity contribution < 1.29 is 27.8 Å². The molecule has 0 spiro atoms. The van der Waals surface area contributed by atoms with Crippen LogP contribution in [0.3, 0.4) is 0 Å². The molecule has 1 unspecified atom stereocenters. The fourth-order valence-corrected chi connectivity index (χ4v) is 4.73. The maximum Gasteiger partial charge on any atom is 0.274 e. The standard InChI is InChI=1S/C22H22ClF2N3O5/c1-4-27-9-11-7-13(32-2)17-14(19(29)20(33-3)18(22(27)31)28(11)17)21(30)26-8-10-5-6-12(24)15(23)16(10)25/h5-6,11,13H,4,7-9H2,1-3H3,(H,26,30)/t11?,13-/m1/s1. The van der Waals surface area contributed by atoms with Gasteiger partial charge in [0, 0.05) is 38.7 Å². The van der Waals surface area contributed by atoms with Gasteiger partial charge in [-0.15, -0.1) is 0 Å². The molecule has 1 N–H and O–H groups in total. The Bertz CT molecular complexity index is 1220. The van der Waals surface area contributed by atoms with Crippen molar-refractivity contribution in [3.05, 3.63) is 61.5 Å². The summed E-state index contributed by atoms with van der Waals surface area (Å²) in [6.45, 7) is 2.36. The number of amides is 2. The van der Waals surface area contributed by atoms with E-state index in [1.165, 1.54) is 14.2 Å². The van der Waals surface area contributed by atoms with Crippen LogP contribution >= 0.6 is 11.6 Å². The van der Waals surface area contributed by atoms with E-state index in [2.05, 4.69) is 5.32 Å². The third-order valence-electron chi connectivity index (χ3n) is 6.13. The van der Waals surface area contributed by atoms with Crippen LogP contribution in [0.15, 0.2) is 16.9 Å². The largest absolute Gasteiger partial charge is 0.491 e. The molecule has 2 amide bonds. The van der Waals surface area contributed by atoms with E-state index in [-0.39, 0.29) is 46.8 Å². The van der Waals surface area contributed by atoms with E-state index in [0.717, 1.165) is 12.1 Å². The fourth-order valence-electron chi connectivity index (χ4n) is 4.55. The van der Waals surface area contributed by atoms with Crippen molar-refractivity contribution in [3.8, 4) is 5.75 Å². The Morgan fingerprint density at radius 2 is 2.00 bits per heavy atom. The number of benzene rings is 1. The number of nitrogens with zero attached hydrogens (tertiary/aromatic N) is 2. The Balaban J connectivity index is 1.80. The first-order chi connectivity index (χ1) is 15.7. The van der Waals surface area contributed by atoms with Crippen molar-refractivity contribution in [2.75, 3.05) is 27.3 Å². The first-order valence-corrected chi connectivity index (χ1v) is 10.7. The number of aromatic nitrogens is 1. The Kier molecular flexibility index (Phi) is 6.15. The minimum absolute atomic E-state index is 0.0499. The third-order valence-corrected chi connectivity index (χ3v) is 6.48. The summed E-state index contributed by atoms with van der Waals surface area (Å²) in [5.74, 6) is -3.31. The normalized spacial score (nSPS) is 19.0. The van der Waals surface area contributed by atoms with Gasteiger partial charge in [-0.3, -0.25) is 14.4 Å². The molecule has 4 rings (SSSR count). The van der Waals surface area contributed by atoms with Crippen molar-refractivity contribution in [2.24, 2.45) is 0 Å². The summed E-state index contributed by atoms with van der Waals surface area (Å²) in [6, 6.07) is 1.94. The number of hydrogen-bond acceptors (Lipinski definition) is 5.